The van der Waals surface area contributed by atoms with Gasteiger partial charge in [0.25, 0.3) is 0 Å². The third kappa shape index (κ3) is 3.92. The lowest BCUT2D eigenvalue weighted by Crippen LogP contribution is -1.99. The van der Waals surface area contributed by atoms with Crippen LogP contribution in [0.4, 0.5) is 4.39 Å². The molecule has 108 valence electrons. The summed E-state index contributed by atoms with van der Waals surface area (Å²) >= 11 is 0. The van der Waals surface area contributed by atoms with E-state index in [0.29, 0.717) is 17.2 Å². The van der Waals surface area contributed by atoms with Crippen LogP contribution in [0.25, 0.3) is 17.2 Å². The first-order chi connectivity index (χ1) is 10.1. The molecule has 2 heterocycles. The molecule has 5 nitrogen and oxygen atoms in total. The molecular weight excluding hydrogens is 269 g/mol. The predicted molar refractivity (Wildman–Crippen MR) is 79.6 cm³/mol. The molecule has 0 aromatic carbocycles. The second-order valence-corrected chi connectivity index (χ2v) is 4.47. The fourth-order valence-corrected chi connectivity index (χ4v) is 1.56. The minimum Gasteiger partial charge on any atom is -0.253 e. The third-order valence-corrected chi connectivity index (χ3v) is 2.79. The molecule has 21 heavy (non-hydrogen) atoms. The van der Waals surface area contributed by atoms with Gasteiger partial charge in [-0.25, -0.2) is 4.39 Å². The minimum atomic E-state index is -0.361. The van der Waals surface area contributed by atoms with E-state index in [1.165, 1.54) is 16.9 Å². The first-order valence-corrected chi connectivity index (χ1v) is 6.50. The molecule has 0 atom stereocenters. The van der Waals surface area contributed by atoms with Gasteiger partial charge in [-0.15, -0.1) is 15.0 Å². The second-order valence-electron chi connectivity index (χ2n) is 4.47. The van der Waals surface area contributed by atoms with Gasteiger partial charge >= 0.3 is 0 Å². The quantitative estimate of drug-likeness (QED) is 0.808. The van der Waals surface area contributed by atoms with E-state index in [2.05, 4.69) is 20.4 Å². The first-order valence-electron chi connectivity index (χ1n) is 6.50. The van der Waals surface area contributed by atoms with E-state index in [0.717, 1.165) is 5.57 Å². The fraction of sp³-hybridized carbons (Fsp3) is 0.200. The average molecular weight is 285 g/mol. The summed E-state index contributed by atoms with van der Waals surface area (Å²) in [5, 5.41) is 12.0. The van der Waals surface area contributed by atoms with Crippen LogP contribution in [0, 0.1) is 0 Å². The van der Waals surface area contributed by atoms with Crippen LogP contribution < -0.4 is 0 Å². The molecular formula is C15H16FN5. The van der Waals surface area contributed by atoms with Gasteiger partial charge in [-0.1, -0.05) is 17.7 Å². The van der Waals surface area contributed by atoms with Crippen LogP contribution in [0.5, 0.6) is 0 Å². The number of tetrazole rings is 1. The van der Waals surface area contributed by atoms with Crippen molar-refractivity contribution < 1.29 is 4.39 Å². The van der Waals surface area contributed by atoms with Gasteiger partial charge in [-0.2, -0.15) is 0 Å². The topological polar surface area (TPSA) is 56.5 Å². The maximum atomic E-state index is 13.7. The van der Waals surface area contributed by atoms with Gasteiger partial charge in [0.15, 0.2) is 0 Å². The van der Waals surface area contributed by atoms with Crippen molar-refractivity contribution in [3.63, 3.8) is 0 Å². The van der Waals surface area contributed by atoms with E-state index in [1.807, 2.05) is 32.1 Å². The number of halogens is 1. The zero-order valence-corrected chi connectivity index (χ0v) is 12.2. The minimum absolute atomic E-state index is 0.361. The summed E-state index contributed by atoms with van der Waals surface area (Å²) in [4.78, 5) is 5.42. The summed E-state index contributed by atoms with van der Waals surface area (Å²) in [6.45, 7) is 5.39. The van der Waals surface area contributed by atoms with E-state index in [1.54, 1.807) is 19.2 Å². The summed E-state index contributed by atoms with van der Waals surface area (Å²) in [6, 6.07) is 5.44. The summed E-state index contributed by atoms with van der Waals surface area (Å²) in [5.41, 5.74) is 2.00. The van der Waals surface area contributed by atoms with Gasteiger partial charge in [-0.05, 0) is 50.3 Å². The molecule has 6 heteroatoms. The largest absolute Gasteiger partial charge is 0.253 e. The maximum Gasteiger partial charge on any atom is 0.223 e. The smallest absolute Gasteiger partial charge is 0.223 e. The Balaban J connectivity index is 2.23. The number of hydrogen-bond acceptors (Lipinski definition) is 4. The van der Waals surface area contributed by atoms with Crippen molar-refractivity contribution in [2.75, 3.05) is 0 Å². The normalized spacial score (nSPS) is 13.6. The lowest BCUT2D eigenvalue weighted by Gasteiger charge is -1.97. The highest BCUT2D eigenvalue weighted by Crippen LogP contribution is 2.13. The summed E-state index contributed by atoms with van der Waals surface area (Å²) in [6.07, 6.45) is 6.29. The zero-order chi connectivity index (χ0) is 15.2. The molecule has 0 aliphatic rings. The van der Waals surface area contributed by atoms with Crippen molar-refractivity contribution >= 4 is 5.70 Å². The molecule has 0 spiro atoms. The van der Waals surface area contributed by atoms with Crippen LogP contribution in [0.1, 0.15) is 20.8 Å². The summed E-state index contributed by atoms with van der Waals surface area (Å²) < 4.78 is 13.7. The van der Waals surface area contributed by atoms with Crippen molar-refractivity contribution in [2.45, 2.75) is 20.8 Å². The molecule has 0 amide bonds. The Morgan fingerprint density at radius 2 is 2.05 bits per heavy atom. The molecule has 0 saturated heterocycles. The molecule has 2 rings (SSSR count). The molecule has 0 fully saturated rings. The Hall–Kier alpha value is -2.63. The summed E-state index contributed by atoms with van der Waals surface area (Å²) in [5.74, 6) is 0.0390. The number of nitrogens with zero attached hydrogens (tertiary/aromatic N) is 5. The van der Waals surface area contributed by atoms with Crippen LogP contribution in [0.3, 0.4) is 0 Å². The van der Waals surface area contributed by atoms with Crippen LogP contribution in [-0.2, 0) is 0 Å². The fourth-order valence-electron chi connectivity index (χ4n) is 1.56. The number of pyridine rings is 1. The Bertz CT molecular complexity index is 698. The van der Waals surface area contributed by atoms with Crippen molar-refractivity contribution in [2.24, 2.45) is 0 Å². The van der Waals surface area contributed by atoms with Gasteiger partial charge in [-0.3, -0.25) is 4.98 Å². The van der Waals surface area contributed by atoms with E-state index < -0.39 is 0 Å². The third-order valence-electron chi connectivity index (χ3n) is 2.79. The molecule has 0 saturated carbocycles. The van der Waals surface area contributed by atoms with Crippen LogP contribution in [-0.4, -0.2) is 25.2 Å². The Morgan fingerprint density at radius 3 is 2.71 bits per heavy atom. The molecule has 0 radical (unpaired) electrons. The lowest BCUT2D eigenvalue weighted by atomic mass is 10.2. The van der Waals surface area contributed by atoms with Gasteiger partial charge in [0.1, 0.15) is 11.5 Å². The summed E-state index contributed by atoms with van der Waals surface area (Å²) in [7, 11) is 0. The molecule has 0 unspecified atom stereocenters. The van der Waals surface area contributed by atoms with Crippen LogP contribution in [0.2, 0.25) is 0 Å². The molecule has 2 aromatic rings. The maximum absolute atomic E-state index is 13.7. The standard InChI is InChI=1S/C15H16FN5/c1-4-11(2)9-13(16)10-12(3)21-19-15(18-20-21)14-7-5-6-8-17-14/h4-10H,1-3H3/b11-4-,12-10+,13-9+. The number of hydrogen-bond donors (Lipinski definition) is 0. The Morgan fingerprint density at radius 1 is 1.24 bits per heavy atom. The van der Waals surface area contributed by atoms with Gasteiger partial charge in [0.05, 0.1) is 5.70 Å². The molecule has 0 aliphatic carbocycles. The highest BCUT2D eigenvalue weighted by molar-refractivity contribution is 5.50. The number of aromatic nitrogens is 5. The second kappa shape index (κ2) is 6.69. The average Bonchev–Trinajstić information content (AvgIpc) is 2.97. The lowest BCUT2D eigenvalue weighted by molar-refractivity contribution is 0.660. The van der Waals surface area contributed by atoms with Crippen LogP contribution in [0.15, 0.2) is 54.0 Å². The van der Waals surface area contributed by atoms with Crippen LogP contribution >= 0.6 is 0 Å². The first kappa shape index (κ1) is 14.8. The molecule has 0 N–H and O–H groups in total. The molecule has 0 aliphatic heterocycles. The van der Waals surface area contributed by atoms with Crippen molar-refractivity contribution in [3.8, 4) is 11.5 Å². The van der Waals surface area contributed by atoms with E-state index in [4.69, 9.17) is 0 Å². The monoisotopic (exact) mass is 285 g/mol. The van der Waals surface area contributed by atoms with Gasteiger partial charge < -0.3 is 0 Å². The number of rotatable bonds is 4. The SMILES string of the molecule is C\C=C(C)/C=C(F)\C=C(/C)n1nnc(-c2ccccn2)n1. The Kier molecular flexibility index (Phi) is 4.71. The van der Waals surface area contributed by atoms with Crippen molar-refractivity contribution in [3.05, 3.63) is 54.0 Å². The zero-order valence-electron chi connectivity index (χ0n) is 12.2. The highest BCUT2D eigenvalue weighted by Gasteiger charge is 2.07. The molecule has 0 bridgehead atoms. The van der Waals surface area contributed by atoms with Gasteiger partial charge in [0.2, 0.25) is 5.82 Å². The van der Waals surface area contributed by atoms with E-state index in [9.17, 15) is 4.39 Å². The van der Waals surface area contributed by atoms with Crippen molar-refractivity contribution in [1.82, 2.24) is 25.2 Å². The predicted octanol–water partition coefficient (Wildman–Crippen LogP) is 3.42. The Labute approximate surface area is 122 Å². The highest BCUT2D eigenvalue weighted by atomic mass is 19.1. The van der Waals surface area contributed by atoms with Gasteiger partial charge in [0, 0.05) is 6.20 Å². The van der Waals surface area contributed by atoms with E-state index >= 15 is 0 Å². The molecule has 2 aromatic heterocycles. The van der Waals surface area contributed by atoms with Crippen molar-refractivity contribution in [1.29, 1.82) is 0 Å². The number of allylic oxidation sites excluding steroid dienone is 6. The van der Waals surface area contributed by atoms with E-state index in [-0.39, 0.29) is 5.83 Å².